The fourth-order valence-electron chi connectivity index (χ4n) is 1.79. The third-order valence-corrected chi connectivity index (χ3v) is 3.00. The number of hydrogen-bond acceptors (Lipinski definition) is 3. The fourth-order valence-corrected chi connectivity index (χ4v) is 2.12. The Balaban J connectivity index is 2.61. The second-order valence-corrected chi connectivity index (χ2v) is 4.02. The molecule has 78 valence electrons. The lowest BCUT2D eigenvalue weighted by atomic mass is 10.1. The third kappa shape index (κ3) is 1.29. The highest BCUT2D eigenvalue weighted by molar-refractivity contribution is 7.72. The molecule has 2 nitrogen and oxygen atoms in total. The van der Waals surface area contributed by atoms with E-state index < -0.39 is 0 Å². The second kappa shape index (κ2) is 3.32. The van der Waals surface area contributed by atoms with Crippen molar-refractivity contribution >= 4 is 34.2 Å². The second-order valence-electron chi connectivity index (χ2n) is 3.61. The predicted octanol–water partition coefficient (Wildman–Crippen LogP) is 4.02. The Morgan fingerprint density at radius 1 is 0.938 bits per heavy atom. The topological polar surface area (TPSA) is 33.4 Å². The molecule has 0 saturated heterocycles. The van der Waals surface area contributed by atoms with Crippen LogP contribution in [0.5, 0.6) is 5.75 Å². The molecule has 2 aromatic carbocycles. The summed E-state index contributed by atoms with van der Waals surface area (Å²) in [6.07, 6.45) is 0. The Morgan fingerprint density at radius 2 is 1.69 bits per heavy atom. The van der Waals surface area contributed by atoms with Gasteiger partial charge in [-0.05, 0) is 30.3 Å². The van der Waals surface area contributed by atoms with Crippen LogP contribution >= 0.6 is 12.2 Å². The van der Waals surface area contributed by atoms with Crippen molar-refractivity contribution in [2.24, 2.45) is 0 Å². The van der Waals surface area contributed by atoms with Gasteiger partial charge in [-0.15, -0.1) is 0 Å². The Morgan fingerprint density at radius 3 is 2.56 bits per heavy atom. The van der Waals surface area contributed by atoms with Crippen molar-refractivity contribution in [3.63, 3.8) is 0 Å². The van der Waals surface area contributed by atoms with Gasteiger partial charge in [0.25, 0.3) is 0 Å². The Hall–Kier alpha value is -1.87. The predicted molar refractivity (Wildman–Crippen MR) is 66.2 cm³/mol. The smallest absolute Gasteiger partial charge is 0.136 e. The highest BCUT2D eigenvalue weighted by atomic mass is 32.1. The number of hydrogen-bond donors (Lipinski definition) is 1. The lowest BCUT2D eigenvalue weighted by molar-refractivity contribution is 0.475. The summed E-state index contributed by atoms with van der Waals surface area (Å²) in [4.78, 5) is 0. The molecule has 3 aromatic rings. The van der Waals surface area contributed by atoms with Crippen LogP contribution in [0, 0.1) is 4.51 Å². The molecule has 3 rings (SSSR count). The molecule has 1 aromatic heterocycles. The van der Waals surface area contributed by atoms with E-state index in [-0.39, 0.29) is 5.75 Å². The maximum atomic E-state index is 9.44. The van der Waals surface area contributed by atoms with Crippen LogP contribution < -0.4 is 0 Å². The van der Waals surface area contributed by atoms with Crippen LogP contribution in [0.4, 0.5) is 0 Å². The zero-order valence-corrected chi connectivity index (χ0v) is 9.12. The Bertz CT molecular complexity index is 744. The largest absolute Gasteiger partial charge is 0.508 e. The van der Waals surface area contributed by atoms with Gasteiger partial charge in [0.05, 0.1) is 4.51 Å². The molecule has 0 fully saturated rings. The Kier molecular flexibility index (Phi) is 1.94. The van der Waals surface area contributed by atoms with E-state index in [2.05, 4.69) is 0 Å². The molecule has 0 amide bonds. The van der Waals surface area contributed by atoms with Gasteiger partial charge in [0.1, 0.15) is 16.9 Å². The molecule has 1 heterocycles. The van der Waals surface area contributed by atoms with Crippen molar-refractivity contribution in [1.29, 1.82) is 0 Å². The summed E-state index contributed by atoms with van der Waals surface area (Å²) < 4.78 is 6.42. The van der Waals surface area contributed by atoms with Crippen LogP contribution in [0.15, 0.2) is 46.9 Å². The third-order valence-electron chi connectivity index (χ3n) is 2.56. The van der Waals surface area contributed by atoms with Gasteiger partial charge < -0.3 is 9.52 Å². The van der Waals surface area contributed by atoms with Crippen molar-refractivity contribution < 1.29 is 9.52 Å². The first-order valence-electron chi connectivity index (χ1n) is 4.90. The number of benzene rings is 2. The molecule has 0 aliphatic rings. The summed E-state index contributed by atoms with van der Waals surface area (Å²) in [7, 11) is 0. The molecular weight excluding hydrogens is 220 g/mol. The lowest BCUT2D eigenvalue weighted by Gasteiger charge is -2.02. The molecule has 0 saturated carbocycles. The van der Waals surface area contributed by atoms with E-state index in [9.17, 15) is 5.11 Å². The summed E-state index contributed by atoms with van der Waals surface area (Å²) in [5.74, 6) is 0.198. The van der Waals surface area contributed by atoms with Gasteiger partial charge in [-0.25, -0.2) is 0 Å². The van der Waals surface area contributed by atoms with E-state index in [4.69, 9.17) is 16.6 Å². The molecule has 0 unspecified atom stereocenters. The maximum Gasteiger partial charge on any atom is 0.136 e. The molecule has 0 atom stereocenters. The van der Waals surface area contributed by atoms with E-state index in [1.807, 2.05) is 24.3 Å². The standard InChI is InChI=1S/C13H8O2S/c14-8-5-6-12-10(7-8)13(16)9-3-1-2-4-11(9)15-12/h1-7,14H. The van der Waals surface area contributed by atoms with Crippen molar-refractivity contribution in [3.05, 3.63) is 47.0 Å². The first-order valence-corrected chi connectivity index (χ1v) is 5.31. The molecular formula is C13H8O2S. The molecule has 0 aliphatic heterocycles. The van der Waals surface area contributed by atoms with Gasteiger partial charge in [0.15, 0.2) is 0 Å². The molecule has 1 N–H and O–H groups in total. The van der Waals surface area contributed by atoms with Crippen molar-refractivity contribution in [3.8, 4) is 5.75 Å². The summed E-state index contributed by atoms with van der Waals surface area (Å²) in [5, 5.41) is 11.1. The lowest BCUT2D eigenvalue weighted by Crippen LogP contribution is -1.78. The maximum absolute atomic E-state index is 9.44. The molecule has 0 spiro atoms. The highest BCUT2D eigenvalue weighted by Crippen LogP contribution is 2.27. The minimum atomic E-state index is 0.198. The van der Waals surface area contributed by atoms with Crippen molar-refractivity contribution in [2.45, 2.75) is 0 Å². The first kappa shape index (κ1) is 9.36. The summed E-state index contributed by atoms with van der Waals surface area (Å²) in [6, 6.07) is 12.6. The summed E-state index contributed by atoms with van der Waals surface area (Å²) >= 11 is 5.38. The quantitative estimate of drug-likeness (QED) is 0.466. The van der Waals surface area contributed by atoms with E-state index in [0.29, 0.717) is 10.1 Å². The van der Waals surface area contributed by atoms with Gasteiger partial charge in [0.2, 0.25) is 0 Å². The van der Waals surface area contributed by atoms with Crippen molar-refractivity contribution in [2.75, 3.05) is 0 Å². The number of phenols is 1. The molecule has 0 aliphatic carbocycles. The average molecular weight is 228 g/mol. The van der Waals surface area contributed by atoms with E-state index in [1.54, 1.807) is 18.2 Å². The molecule has 0 radical (unpaired) electrons. The van der Waals surface area contributed by atoms with E-state index in [1.165, 1.54) is 0 Å². The minimum Gasteiger partial charge on any atom is -0.508 e. The van der Waals surface area contributed by atoms with Crippen molar-refractivity contribution in [1.82, 2.24) is 0 Å². The SMILES string of the molecule is Oc1ccc2oc3ccccc3c(=S)c2c1. The van der Waals surface area contributed by atoms with E-state index >= 15 is 0 Å². The number of para-hydroxylation sites is 1. The zero-order valence-electron chi connectivity index (χ0n) is 8.31. The van der Waals surface area contributed by atoms with Crippen LogP contribution in [-0.4, -0.2) is 5.11 Å². The van der Waals surface area contributed by atoms with E-state index in [0.717, 1.165) is 16.4 Å². The number of fused-ring (bicyclic) bond motifs is 2. The van der Waals surface area contributed by atoms with Crippen LogP contribution in [0.25, 0.3) is 21.9 Å². The Labute approximate surface area is 96.8 Å². The van der Waals surface area contributed by atoms with Crippen LogP contribution in [0.3, 0.4) is 0 Å². The van der Waals surface area contributed by atoms with Gasteiger partial charge in [-0.1, -0.05) is 24.4 Å². The number of phenolic OH excluding ortho intramolecular Hbond substituents is 1. The van der Waals surface area contributed by atoms with Gasteiger partial charge in [-0.2, -0.15) is 0 Å². The molecule has 3 heteroatoms. The van der Waals surface area contributed by atoms with Crippen LogP contribution in [0.1, 0.15) is 0 Å². The summed E-state index contributed by atoms with van der Waals surface area (Å²) in [5.41, 5.74) is 1.46. The molecule has 16 heavy (non-hydrogen) atoms. The van der Waals surface area contributed by atoms with Gasteiger partial charge >= 0.3 is 0 Å². The highest BCUT2D eigenvalue weighted by Gasteiger charge is 2.04. The van der Waals surface area contributed by atoms with Gasteiger partial charge in [-0.3, -0.25) is 0 Å². The fraction of sp³-hybridized carbons (Fsp3) is 0. The summed E-state index contributed by atoms with van der Waals surface area (Å²) in [6.45, 7) is 0. The zero-order chi connectivity index (χ0) is 11.1. The number of aromatic hydroxyl groups is 1. The van der Waals surface area contributed by atoms with Crippen LogP contribution in [0.2, 0.25) is 0 Å². The minimum absolute atomic E-state index is 0.198. The van der Waals surface area contributed by atoms with Gasteiger partial charge in [0, 0.05) is 10.8 Å². The van der Waals surface area contributed by atoms with Crippen LogP contribution in [-0.2, 0) is 0 Å². The normalized spacial score (nSPS) is 11.0. The average Bonchev–Trinajstić information content (AvgIpc) is 2.31. The first-order chi connectivity index (χ1) is 7.75. The molecule has 0 bridgehead atoms. The monoisotopic (exact) mass is 228 g/mol. The number of rotatable bonds is 0.